The highest BCUT2D eigenvalue weighted by Gasteiger charge is 2.30. The molecule has 0 aliphatic heterocycles. The van der Waals surface area contributed by atoms with Gasteiger partial charge in [-0.05, 0) is 58.6 Å². The summed E-state index contributed by atoms with van der Waals surface area (Å²) in [5, 5.41) is 3.54. The summed E-state index contributed by atoms with van der Waals surface area (Å²) in [5.41, 5.74) is 3.05. The molecule has 0 saturated heterocycles. The Balaban J connectivity index is 1.89. The molecule has 0 saturated carbocycles. The number of carbonyl (C=O) groups is 2. The summed E-state index contributed by atoms with van der Waals surface area (Å²) in [6, 6.07) is 22.1. The molecule has 5 nitrogen and oxygen atoms in total. The third kappa shape index (κ3) is 8.11. The van der Waals surface area contributed by atoms with Crippen LogP contribution >= 0.6 is 27.5 Å². The lowest BCUT2D eigenvalue weighted by molar-refractivity contribution is -0.142. The Hall–Kier alpha value is -2.83. The lowest BCUT2D eigenvalue weighted by Crippen LogP contribution is -2.51. The van der Waals surface area contributed by atoms with Crippen LogP contribution in [0.25, 0.3) is 0 Å². The number of ether oxygens (including phenoxy) is 1. The second-order valence-corrected chi connectivity index (χ2v) is 9.66. The average Bonchev–Trinajstić information content (AvgIpc) is 2.85. The van der Waals surface area contributed by atoms with Gasteiger partial charge in [0.1, 0.15) is 11.8 Å². The minimum Gasteiger partial charge on any atom is -0.483 e. The van der Waals surface area contributed by atoms with Gasteiger partial charge >= 0.3 is 0 Å². The van der Waals surface area contributed by atoms with E-state index in [1.54, 1.807) is 23.1 Å². The molecule has 7 heteroatoms. The van der Waals surface area contributed by atoms with Gasteiger partial charge in [0.15, 0.2) is 6.61 Å². The van der Waals surface area contributed by atoms with Gasteiger partial charge in [-0.25, -0.2) is 0 Å². The Kier molecular flexibility index (Phi) is 10.2. The molecule has 1 atom stereocenters. The number of halogens is 2. The third-order valence-electron chi connectivity index (χ3n) is 5.54. The summed E-state index contributed by atoms with van der Waals surface area (Å²) < 4.78 is 6.48. The lowest BCUT2D eigenvalue weighted by Gasteiger charge is -2.31. The van der Waals surface area contributed by atoms with Crippen LogP contribution in [-0.4, -0.2) is 35.9 Å². The standard InChI is InChI=1S/C28H30BrClN2O3/c1-3-15-31-28(34)25(16-21-7-5-4-6-8-21)32(18-22-11-9-20(2)10-12-22)27(33)19-35-26-14-13-23(30)17-24(26)29/h4-14,17,25H,3,15-16,18-19H2,1-2H3,(H,31,34)/t25-/m0/s1. The number of carbonyl (C=O) groups excluding carboxylic acids is 2. The lowest BCUT2D eigenvalue weighted by atomic mass is 10.0. The van der Waals surface area contributed by atoms with Crippen molar-refractivity contribution in [1.29, 1.82) is 0 Å². The molecule has 1 N–H and O–H groups in total. The summed E-state index contributed by atoms with van der Waals surface area (Å²) >= 11 is 9.44. The largest absolute Gasteiger partial charge is 0.483 e. The van der Waals surface area contributed by atoms with Crippen molar-refractivity contribution < 1.29 is 14.3 Å². The molecule has 3 rings (SSSR count). The van der Waals surface area contributed by atoms with Crippen molar-refractivity contribution in [2.75, 3.05) is 13.2 Å². The average molecular weight is 558 g/mol. The van der Waals surface area contributed by atoms with E-state index >= 15 is 0 Å². The fourth-order valence-electron chi connectivity index (χ4n) is 3.62. The van der Waals surface area contributed by atoms with Gasteiger partial charge in [0, 0.05) is 24.5 Å². The monoisotopic (exact) mass is 556 g/mol. The third-order valence-corrected chi connectivity index (χ3v) is 6.39. The number of rotatable bonds is 11. The van der Waals surface area contributed by atoms with Gasteiger partial charge in [-0.3, -0.25) is 9.59 Å². The SMILES string of the molecule is CCCNC(=O)[C@H](Cc1ccccc1)N(Cc1ccc(C)cc1)C(=O)COc1ccc(Cl)cc1Br. The van der Waals surface area contributed by atoms with Crippen LogP contribution < -0.4 is 10.1 Å². The summed E-state index contributed by atoms with van der Waals surface area (Å²) in [5.74, 6) is 0.0527. The molecule has 0 spiro atoms. The molecular weight excluding hydrogens is 528 g/mol. The van der Waals surface area contributed by atoms with E-state index in [9.17, 15) is 9.59 Å². The molecule has 0 fully saturated rings. The van der Waals surface area contributed by atoms with Crippen LogP contribution in [0.15, 0.2) is 77.3 Å². The van der Waals surface area contributed by atoms with Crippen molar-refractivity contribution in [3.8, 4) is 5.75 Å². The second-order valence-electron chi connectivity index (χ2n) is 8.37. The van der Waals surface area contributed by atoms with Gasteiger partial charge in [-0.15, -0.1) is 0 Å². The first-order valence-electron chi connectivity index (χ1n) is 11.6. The van der Waals surface area contributed by atoms with Crippen molar-refractivity contribution in [1.82, 2.24) is 10.2 Å². The fraction of sp³-hybridized carbons (Fsp3) is 0.286. The molecule has 0 bridgehead atoms. The molecule has 3 aromatic carbocycles. The summed E-state index contributed by atoms with van der Waals surface area (Å²) in [4.78, 5) is 28.5. The minimum absolute atomic E-state index is 0.177. The first kappa shape index (κ1) is 26.8. The van der Waals surface area contributed by atoms with Crippen molar-refractivity contribution in [2.24, 2.45) is 0 Å². The van der Waals surface area contributed by atoms with Gasteiger partial charge in [0.25, 0.3) is 5.91 Å². The van der Waals surface area contributed by atoms with Crippen LogP contribution in [0.4, 0.5) is 0 Å². The van der Waals surface area contributed by atoms with Gasteiger partial charge in [0.2, 0.25) is 5.91 Å². The number of aryl methyl sites for hydroxylation is 1. The van der Waals surface area contributed by atoms with E-state index in [0.717, 1.165) is 23.1 Å². The van der Waals surface area contributed by atoms with Crippen LogP contribution in [0.2, 0.25) is 5.02 Å². The highest BCUT2D eigenvalue weighted by Crippen LogP contribution is 2.28. The number of nitrogens with zero attached hydrogens (tertiary/aromatic N) is 1. The zero-order valence-corrected chi connectivity index (χ0v) is 22.3. The second kappa shape index (κ2) is 13.3. The highest BCUT2D eigenvalue weighted by atomic mass is 79.9. The van der Waals surface area contributed by atoms with Crippen LogP contribution in [-0.2, 0) is 22.6 Å². The highest BCUT2D eigenvalue weighted by molar-refractivity contribution is 9.10. The Bertz CT molecular complexity index is 1120. The van der Waals surface area contributed by atoms with E-state index in [1.165, 1.54) is 0 Å². The van der Waals surface area contributed by atoms with E-state index in [0.29, 0.717) is 34.8 Å². The summed E-state index contributed by atoms with van der Waals surface area (Å²) in [6.45, 7) is 4.64. The number of nitrogens with one attached hydrogen (secondary N) is 1. The van der Waals surface area contributed by atoms with E-state index in [-0.39, 0.29) is 18.4 Å². The van der Waals surface area contributed by atoms with Gasteiger partial charge in [-0.1, -0.05) is 78.7 Å². The molecule has 35 heavy (non-hydrogen) atoms. The van der Waals surface area contributed by atoms with E-state index in [4.69, 9.17) is 16.3 Å². The first-order chi connectivity index (χ1) is 16.9. The number of amides is 2. The molecule has 0 aliphatic carbocycles. The zero-order valence-electron chi connectivity index (χ0n) is 20.0. The zero-order chi connectivity index (χ0) is 25.2. The van der Waals surface area contributed by atoms with E-state index < -0.39 is 6.04 Å². The van der Waals surface area contributed by atoms with Crippen molar-refractivity contribution in [2.45, 2.75) is 39.3 Å². The Labute approximate surface area is 220 Å². The van der Waals surface area contributed by atoms with Crippen LogP contribution in [0.1, 0.15) is 30.0 Å². The molecule has 0 aromatic heterocycles. The van der Waals surface area contributed by atoms with Gasteiger partial charge in [-0.2, -0.15) is 0 Å². The maximum absolute atomic E-state index is 13.6. The van der Waals surface area contributed by atoms with E-state index in [1.807, 2.05) is 68.4 Å². The molecular formula is C28H30BrClN2O3. The molecule has 0 heterocycles. The Morgan fingerprint density at radius 3 is 2.40 bits per heavy atom. The number of hydrogen-bond acceptors (Lipinski definition) is 3. The fourth-order valence-corrected chi connectivity index (χ4v) is 4.42. The van der Waals surface area contributed by atoms with E-state index in [2.05, 4.69) is 21.2 Å². The van der Waals surface area contributed by atoms with Gasteiger partial charge < -0.3 is 15.0 Å². The number of benzene rings is 3. The van der Waals surface area contributed by atoms with Crippen LogP contribution in [0.5, 0.6) is 5.75 Å². The summed E-state index contributed by atoms with van der Waals surface area (Å²) in [6.07, 6.45) is 1.21. The molecule has 0 unspecified atom stereocenters. The van der Waals surface area contributed by atoms with Crippen molar-refractivity contribution in [3.63, 3.8) is 0 Å². The van der Waals surface area contributed by atoms with Crippen LogP contribution in [0, 0.1) is 6.92 Å². The van der Waals surface area contributed by atoms with Gasteiger partial charge in [0.05, 0.1) is 4.47 Å². The summed E-state index contributed by atoms with van der Waals surface area (Å²) in [7, 11) is 0. The minimum atomic E-state index is -0.685. The first-order valence-corrected chi connectivity index (χ1v) is 12.8. The van der Waals surface area contributed by atoms with Crippen molar-refractivity contribution >= 4 is 39.3 Å². The Morgan fingerprint density at radius 2 is 1.74 bits per heavy atom. The topological polar surface area (TPSA) is 58.6 Å². The molecule has 2 amide bonds. The molecule has 3 aromatic rings. The maximum atomic E-state index is 13.6. The Morgan fingerprint density at radius 1 is 1.03 bits per heavy atom. The predicted octanol–water partition coefficient (Wildman–Crippen LogP) is 5.96. The number of hydrogen-bond donors (Lipinski definition) is 1. The van der Waals surface area contributed by atoms with Crippen molar-refractivity contribution in [3.05, 3.63) is 99.0 Å². The molecule has 0 aliphatic rings. The molecule has 0 radical (unpaired) electrons. The quantitative estimate of drug-likeness (QED) is 0.317. The van der Waals surface area contributed by atoms with Crippen LogP contribution in [0.3, 0.4) is 0 Å². The molecule has 184 valence electrons. The predicted molar refractivity (Wildman–Crippen MR) is 144 cm³/mol. The maximum Gasteiger partial charge on any atom is 0.261 e. The normalized spacial score (nSPS) is 11.5. The smallest absolute Gasteiger partial charge is 0.261 e.